The van der Waals surface area contributed by atoms with Gasteiger partial charge < -0.3 is 5.32 Å². The lowest BCUT2D eigenvalue weighted by molar-refractivity contribution is 0.265. The molecule has 104 valence electrons. The first-order valence-corrected chi connectivity index (χ1v) is 7.73. The summed E-state index contributed by atoms with van der Waals surface area (Å²) in [7, 11) is 2.10. The molecule has 0 aromatic heterocycles. The van der Waals surface area contributed by atoms with Gasteiger partial charge in [-0.3, -0.25) is 0 Å². The lowest BCUT2D eigenvalue weighted by Crippen LogP contribution is -2.34. The summed E-state index contributed by atoms with van der Waals surface area (Å²) in [4.78, 5) is 0. The summed E-state index contributed by atoms with van der Waals surface area (Å²) in [5.41, 5.74) is 0. The number of nitrogens with one attached hydrogen (secondary N) is 1. The molecule has 0 aliphatic rings. The summed E-state index contributed by atoms with van der Waals surface area (Å²) in [6.07, 6.45) is 8.21. The van der Waals surface area contributed by atoms with Crippen molar-refractivity contribution in [1.82, 2.24) is 5.32 Å². The maximum Gasteiger partial charge on any atom is 0.00896 e. The minimum atomic E-state index is 0.693. The highest BCUT2D eigenvalue weighted by molar-refractivity contribution is 4.74. The molecule has 1 N–H and O–H groups in total. The van der Waals surface area contributed by atoms with Gasteiger partial charge in [-0.05, 0) is 31.2 Å². The van der Waals surface area contributed by atoms with E-state index in [1.165, 1.54) is 38.5 Å². The molecule has 1 heteroatoms. The molecule has 0 aliphatic carbocycles. The molecule has 0 bridgehead atoms. The van der Waals surface area contributed by atoms with Gasteiger partial charge in [-0.15, -0.1) is 0 Å². The molecule has 0 amide bonds. The first kappa shape index (κ1) is 17.0. The van der Waals surface area contributed by atoms with E-state index < -0.39 is 0 Å². The number of rotatable bonds is 10. The minimum absolute atomic E-state index is 0.693. The number of hydrogen-bond donors (Lipinski definition) is 1. The summed E-state index contributed by atoms with van der Waals surface area (Å²) in [6.45, 7) is 11.8. The van der Waals surface area contributed by atoms with Crippen LogP contribution in [-0.2, 0) is 0 Å². The molecule has 0 saturated heterocycles. The normalized spacial score (nSPS) is 18.7. The molecule has 4 unspecified atom stereocenters. The molecule has 0 saturated carbocycles. The topological polar surface area (TPSA) is 12.0 Å². The highest BCUT2D eigenvalue weighted by Crippen LogP contribution is 2.24. The quantitative estimate of drug-likeness (QED) is 0.576. The van der Waals surface area contributed by atoms with Crippen LogP contribution in [0.25, 0.3) is 0 Å². The van der Waals surface area contributed by atoms with Crippen molar-refractivity contribution in [3.8, 4) is 0 Å². The molecule has 0 heterocycles. The van der Waals surface area contributed by atoms with Crippen molar-refractivity contribution in [2.45, 2.75) is 79.2 Å². The lowest BCUT2D eigenvalue weighted by Gasteiger charge is -2.28. The van der Waals surface area contributed by atoms with Gasteiger partial charge >= 0.3 is 0 Å². The average molecular weight is 241 g/mol. The monoisotopic (exact) mass is 241 g/mol. The molecular weight excluding hydrogens is 206 g/mol. The van der Waals surface area contributed by atoms with E-state index in [1.54, 1.807) is 0 Å². The van der Waals surface area contributed by atoms with Crippen LogP contribution in [-0.4, -0.2) is 13.1 Å². The van der Waals surface area contributed by atoms with Gasteiger partial charge in [0.25, 0.3) is 0 Å². The van der Waals surface area contributed by atoms with Crippen LogP contribution in [0.4, 0.5) is 0 Å². The second kappa shape index (κ2) is 9.94. The summed E-state index contributed by atoms with van der Waals surface area (Å²) >= 11 is 0. The fraction of sp³-hybridized carbons (Fsp3) is 1.00. The Balaban J connectivity index is 3.80. The summed E-state index contributed by atoms with van der Waals surface area (Å²) in [6, 6.07) is 0.693. The zero-order chi connectivity index (χ0) is 13.3. The van der Waals surface area contributed by atoms with Gasteiger partial charge in [-0.2, -0.15) is 0 Å². The maximum atomic E-state index is 3.45. The standard InChI is InChI=1S/C16H35N/c1-7-10-13(3)11-9-12-14(4)15(5)16(8-2)17-6/h13-17H,7-12H2,1-6H3. The lowest BCUT2D eigenvalue weighted by atomic mass is 9.83. The van der Waals surface area contributed by atoms with Gasteiger partial charge in [0, 0.05) is 6.04 Å². The van der Waals surface area contributed by atoms with Crippen LogP contribution in [0.3, 0.4) is 0 Å². The Kier molecular flexibility index (Phi) is 9.91. The Hall–Kier alpha value is -0.0400. The van der Waals surface area contributed by atoms with Gasteiger partial charge in [-0.25, -0.2) is 0 Å². The molecule has 0 spiro atoms. The SMILES string of the molecule is CCCC(C)CCCC(C)C(C)C(CC)NC. The van der Waals surface area contributed by atoms with Crippen LogP contribution >= 0.6 is 0 Å². The highest BCUT2D eigenvalue weighted by Gasteiger charge is 2.19. The second-order valence-corrected chi connectivity index (χ2v) is 5.96. The van der Waals surface area contributed by atoms with Gasteiger partial charge in [0.15, 0.2) is 0 Å². The van der Waals surface area contributed by atoms with Crippen LogP contribution in [0.2, 0.25) is 0 Å². The molecule has 0 aromatic carbocycles. The first-order valence-electron chi connectivity index (χ1n) is 7.73. The molecule has 17 heavy (non-hydrogen) atoms. The fourth-order valence-electron chi connectivity index (χ4n) is 2.92. The third kappa shape index (κ3) is 7.08. The fourth-order valence-corrected chi connectivity index (χ4v) is 2.92. The van der Waals surface area contributed by atoms with E-state index in [2.05, 4.69) is 47.0 Å². The van der Waals surface area contributed by atoms with Crippen LogP contribution < -0.4 is 5.32 Å². The van der Waals surface area contributed by atoms with Crippen LogP contribution in [0, 0.1) is 17.8 Å². The predicted octanol–water partition coefficient (Wildman–Crippen LogP) is 4.86. The molecule has 1 nitrogen and oxygen atoms in total. The van der Waals surface area contributed by atoms with Crippen LogP contribution in [0.1, 0.15) is 73.1 Å². The summed E-state index contributed by atoms with van der Waals surface area (Å²) in [5.74, 6) is 2.57. The van der Waals surface area contributed by atoms with E-state index in [-0.39, 0.29) is 0 Å². The molecule has 0 aromatic rings. The van der Waals surface area contributed by atoms with Crippen molar-refractivity contribution in [3.05, 3.63) is 0 Å². The summed E-state index contributed by atoms with van der Waals surface area (Å²) in [5, 5.41) is 3.45. The Labute approximate surface area is 110 Å². The molecule has 0 rings (SSSR count). The maximum absolute atomic E-state index is 3.45. The Morgan fingerprint density at radius 3 is 2.06 bits per heavy atom. The molecule has 4 atom stereocenters. The smallest absolute Gasteiger partial charge is 0.00896 e. The minimum Gasteiger partial charge on any atom is -0.317 e. The van der Waals surface area contributed by atoms with Gasteiger partial charge in [0.05, 0.1) is 0 Å². The van der Waals surface area contributed by atoms with E-state index in [1.807, 2.05) is 0 Å². The summed E-state index contributed by atoms with van der Waals surface area (Å²) < 4.78 is 0. The van der Waals surface area contributed by atoms with Crippen molar-refractivity contribution < 1.29 is 0 Å². The van der Waals surface area contributed by atoms with E-state index >= 15 is 0 Å². The van der Waals surface area contributed by atoms with Crippen molar-refractivity contribution in [3.63, 3.8) is 0 Å². The second-order valence-electron chi connectivity index (χ2n) is 5.96. The van der Waals surface area contributed by atoms with Gasteiger partial charge in [-0.1, -0.05) is 66.7 Å². The molecule has 0 radical (unpaired) electrons. The third-order valence-corrected chi connectivity index (χ3v) is 4.48. The van der Waals surface area contributed by atoms with Crippen molar-refractivity contribution in [2.75, 3.05) is 7.05 Å². The van der Waals surface area contributed by atoms with Crippen LogP contribution in [0.15, 0.2) is 0 Å². The van der Waals surface area contributed by atoms with Crippen molar-refractivity contribution in [1.29, 1.82) is 0 Å². The van der Waals surface area contributed by atoms with E-state index in [0.717, 1.165) is 17.8 Å². The highest BCUT2D eigenvalue weighted by atomic mass is 14.9. The largest absolute Gasteiger partial charge is 0.317 e. The third-order valence-electron chi connectivity index (χ3n) is 4.48. The molecule has 0 aliphatic heterocycles. The zero-order valence-corrected chi connectivity index (χ0v) is 13.1. The Morgan fingerprint density at radius 2 is 1.59 bits per heavy atom. The van der Waals surface area contributed by atoms with E-state index in [0.29, 0.717) is 6.04 Å². The zero-order valence-electron chi connectivity index (χ0n) is 13.1. The van der Waals surface area contributed by atoms with Crippen molar-refractivity contribution >= 4 is 0 Å². The molecule has 0 fully saturated rings. The van der Waals surface area contributed by atoms with E-state index in [9.17, 15) is 0 Å². The molecular formula is C16H35N. The van der Waals surface area contributed by atoms with E-state index in [4.69, 9.17) is 0 Å². The predicted molar refractivity (Wildman–Crippen MR) is 79.4 cm³/mol. The first-order chi connectivity index (χ1) is 8.06. The number of hydrogen-bond acceptors (Lipinski definition) is 1. The van der Waals surface area contributed by atoms with Gasteiger partial charge in [0.2, 0.25) is 0 Å². The average Bonchev–Trinajstić information content (AvgIpc) is 2.30. The Morgan fingerprint density at radius 1 is 0.941 bits per heavy atom. The van der Waals surface area contributed by atoms with Gasteiger partial charge in [0.1, 0.15) is 0 Å². The Bertz CT molecular complexity index is 163. The van der Waals surface area contributed by atoms with Crippen LogP contribution in [0.5, 0.6) is 0 Å². The van der Waals surface area contributed by atoms with Crippen molar-refractivity contribution in [2.24, 2.45) is 17.8 Å².